The van der Waals surface area contributed by atoms with Gasteiger partial charge in [-0.3, -0.25) is 4.68 Å². The van der Waals surface area contributed by atoms with E-state index >= 15 is 0 Å². The van der Waals surface area contributed by atoms with Crippen molar-refractivity contribution in [2.24, 2.45) is 7.05 Å². The van der Waals surface area contributed by atoms with Crippen molar-refractivity contribution >= 4 is 12.0 Å². The third kappa shape index (κ3) is 3.09. The zero-order valence-electron chi connectivity index (χ0n) is 11.7. The molecule has 0 aromatic carbocycles. The number of carbonyl (C=O) groups excluding carboxylic acids is 1. The number of nitrogens with zero attached hydrogens (tertiary/aromatic N) is 3. The lowest BCUT2D eigenvalue weighted by Gasteiger charge is -2.26. The number of carboxylic acids is 1. The number of rotatable bonds is 4. The van der Waals surface area contributed by atoms with E-state index in [1.54, 1.807) is 25.2 Å². The van der Waals surface area contributed by atoms with Gasteiger partial charge in [-0.15, -0.1) is 0 Å². The van der Waals surface area contributed by atoms with Crippen LogP contribution in [0.3, 0.4) is 0 Å². The van der Waals surface area contributed by atoms with Gasteiger partial charge in [-0.2, -0.15) is 5.10 Å². The van der Waals surface area contributed by atoms with E-state index in [0.717, 1.165) is 25.7 Å². The van der Waals surface area contributed by atoms with Crippen LogP contribution in [0, 0.1) is 0 Å². The van der Waals surface area contributed by atoms with Crippen LogP contribution in [0.2, 0.25) is 0 Å². The molecule has 0 bridgehead atoms. The number of hydrogen-bond donors (Lipinski definition) is 2. The first-order chi connectivity index (χ1) is 9.49. The zero-order valence-corrected chi connectivity index (χ0v) is 11.7. The first-order valence-electron chi connectivity index (χ1n) is 6.73. The molecule has 0 saturated heterocycles. The van der Waals surface area contributed by atoms with Crippen LogP contribution in [0.25, 0.3) is 0 Å². The molecule has 2 rings (SSSR count). The van der Waals surface area contributed by atoms with Crippen LogP contribution in [-0.2, 0) is 11.8 Å². The van der Waals surface area contributed by atoms with Gasteiger partial charge < -0.3 is 15.3 Å². The molecule has 2 N–H and O–H groups in total. The summed E-state index contributed by atoms with van der Waals surface area (Å²) in [5.41, 5.74) is 0.466. The molecule has 1 unspecified atom stereocenters. The van der Waals surface area contributed by atoms with Gasteiger partial charge in [-0.25, -0.2) is 9.59 Å². The lowest BCUT2D eigenvalue weighted by Crippen LogP contribution is -2.45. The number of urea groups is 1. The highest BCUT2D eigenvalue weighted by Crippen LogP contribution is 2.23. The van der Waals surface area contributed by atoms with Gasteiger partial charge in [0.15, 0.2) is 6.04 Å². The average Bonchev–Trinajstić information content (AvgIpc) is 3.05. The molecule has 20 heavy (non-hydrogen) atoms. The predicted octanol–water partition coefficient (Wildman–Crippen LogP) is 1.13. The lowest BCUT2D eigenvalue weighted by molar-refractivity contribution is -0.139. The van der Waals surface area contributed by atoms with Gasteiger partial charge in [0, 0.05) is 31.9 Å². The Morgan fingerprint density at radius 2 is 2.15 bits per heavy atom. The Hall–Kier alpha value is -2.05. The summed E-state index contributed by atoms with van der Waals surface area (Å²) in [4.78, 5) is 25.1. The normalized spacial score (nSPS) is 16.9. The molecule has 1 fully saturated rings. The standard InChI is InChI=1S/C13H20N4O3/c1-16-8-9(7-14-16)11(12(18)19)15-13(20)17(2)10-5-3-4-6-10/h7-8,10-11H,3-6H2,1-2H3,(H,15,20)(H,18,19). The Balaban J connectivity index is 2.04. The minimum atomic E-state index is -1.09. The van der Waals surface area contributed by atoms with Crippen molar-refractivity contribution in [1.29, 1.82) is 0 Å². The maximum Gasteiger partial charge on any atom is 0.331 e. The first kappa shape index (κ1) is 14.4. The van der Waals surface area contributed by atoms with Gasteiger partial charge in [0.1, 0.15) is 0 Å². The molecule has 110 valence electrons. The van der Waals surface area contributed by atoms with Gasteiger partial charge in [-0.05, 0) is 12.8 Å². The Morgan fingerprint density at radius 1 is 1.50 bits per heavy atom. The molecule has 0 radical (unpaired) electrons. The Labute approximate surface area is 117 Å². The largest absolute Gasteiger partial charge is 0.479 e. The van der Waals surface area contributed by atoms with Crippen LogP contribution in [0.5, 0.6) is 0 Å². The van der Waals surface area contributed by atoms with Crippen molar-refractivity contribution < 1.29 is 14.7 Å². The fraction of sp³-hybridized carbons (Fsp3) is 0.615. The van der Waals surface area contributed by atoms with Gasteiger partial charge in [-0.1, -0.05) is 12.8 Å². The number of amides is 2. The van der Waals surface area contributed by atoms with Crippen molar-refractivity contribution in [1.82, 2.24) is 20.0 Å². The van der Waals surface area contributed by atoms with Crippen LogP contribution in [-0.4, -0.2) is 44.9 Å². The van der Waals surface area contributed by atoms with Crippen molar-refractivity contribution in [3.8, 4) is 0 Å². The molecule has 1 aliphatic rings. The second-order valence-corrected chi connectivity index (χ2v) is 5.22. The van der Waals surface area contributed by atoms with Gasteiger partial charge in [0.25, 0.3) is 0 Å². The molecule has 0 aliphatic heterocycles. The summed E-state index contributed by atoms with van der Waals surface area (Å²) in [5, 5.41) is 15.8. The summed E-state index contributed by atoms with van der Waals surface area (Å²) in [7, 11) is 3.42. The summed E-state index contributed by atoms with van der Waals surface area (Å²) < 4.78 is 1.51. The molecule has 7 nitrogen and oxygen atoms in total. The molecular weight excluding hydrogens is 260 g/mol. The van der Waals surface area contributed by atoms with Gasteiger partial charge >= 0.3 is 12.0 Å². The highest BCUT2D eigenvalue weighted by molar-refractivity contribution is 5.83. The highest BCUT2D eigenvalue weighted by Gasteiger charge is 2.28. The number of hydrogen-bond acceptors (Lipinski definition) is 3. The van der Waals surface area contributed by atoms with E-state index in [9.17, 15) is 14.7 Å². The van der Waals surface area contributed by atoms with E-state index in [2.05, 4.69) is 10.4 Å². The van der Waals surface area contributed by atoms with E-state index in [-0.39, 0.29) is 12.1 Å². The number of carboxylic acid groups (broad SMARTS) is 1. The topological polar surface area (TPSA) is 87.5 Å². The highest BCUT2D eigenvalue weighted by atomic mass is 16.4. The monoisotopic (exact) mass is 280 g/mol. The molecule has 1 saturated carbocycles. The van der Waals surface area contributed by atoms with Gasteiger partial charge in [0.2, 0.25) is 0 Å². The molecule has 1 aromatic heterocycles. The van der Waals surface area contributed by atoms with Crippen LogP contribution >= 0.6 is 0 Å². The number of nitrogens with one attached hydrogen (secondary N) is 1. The second kappa shape index (κ2) is 5.94. The van der Waals surface area contributed by atoms with Gasteiger partial charge in [0.05, 0.1) is 6.20 Å². The Bertz CT molecular complexity index is 494. The van der Waals surface area contributed by atoms with E-state index in [1.165, 1.54) is 10.9 Å². The molecule has 1 atom stereocenters. The van der Waals surface area contributed by atoms with E-state index in [4.69, 9.17) is 0 Å². The number of aryl methyl sites for hydroxylation is 1. The third-order valence-electron chi connectivity index (χ3n) is 3.77. The maximum absolute atomic E-state index is 12.1. The molecule has 1 aliphatic carbocycles. The molecule has 2 amide bonds. The fourth-order valence-corrected chi connectivity index (χ4v) is 2.56. The first-order valence-corrected chi connectivity index (χ1v) is 6.73. The van der Waals surface area contributed by atoms with Crippen LogP contribution in [0.4, 0.5) is 4.79 Å². The molecule has 1 heterocycles. The predicted molar refractivity (Wildman–Crippen MR) is 72.1 cm³/mol. The SMILES string of the molecule is CN(C(=O)NC(C(=O)O)c1cnn(C)c1)C1CCCC1. The zero-order chi connectivity index (χ0) is 14.7. The second-order valence-electron chi connectivity index (χ2n) is 5.22. The summed E-state index contributed by atoms with van der Waals surface area (Å²) >= 11 is 0. The number of carbonyl (C=O) groups is 2. The minimum absolute atomic E-state index is 0.207. The Morgan fingerprint density at radius 3 is 2.65 bits per heavy atom. The minimum Gasteiger partial charge on any atom is -0.479 e. The van der Waals surface area contributed by atoms with Crippen LogP contribution < -0.4 is 5.32 Å². The average molecular weight is 280 g/mol. The van der Waals surface area contributed by atoms with E-state index in [0.29, 0.717) is 5.56 Å². The number of aliphatic carboxylic acids is 1. The number of aromatic nitrogens is 2. The van der Waals surface area contributed by atoms with Crippen molar-refractivity contribution in [3.63, 3.8) is 0 Å². The summed E-state index contributed by atoms with van der Waals surface area (Å²) in [6, 6.07) is -1.22. The van der Waals surface area contributed by atoms with Crippen molar-refractivity contribution in [2.75, 3.05) is 7.05 Å². The third-order valence-corrected chi connectivity index (χ3v) is 3.77. The van der Waals surface area contributed by atoms with Crippen molar-refractivity contribution in [2.45, 2.75) is 37.8 Å². The molecule has 0 spiro atoms. The van der Waals surface area contributed by atoms with Crippen LogP contribution in [0.15, 0.2) is 12.4 Å². The summed E-state index contributed by atoms with van der Waals surface area (Å²) in [6.07, 6.45) is 7.24. The summed E-state index contributed by atoms with van der Waals surface area (Å²) in [5.74, 6) is -1.09. The smallest absolute Gasteiger partial charge is 0.331 e. The molecule has 7 heteroatoms. The fourth-order valence-electron chi connectivity index (χ4n) is 2.56. The lowest BCUT2D eigenvalue weighted by atomic mass is 10.1. The van der Waals surface area contributed by atoms with Crippen molar-refractivity contribution in [3.05, 3.63) is 18.0 Å². The maximum atomic E-state index is 12.1. The van der Waals surface area contributed by atoms with Crippen LogP contribution in [0.1, 0.15) is 37.3 Å². The van der Waals surface area contributed by atoms with E-state index in [1.807, 2.05) is 0 Å². The van der Waals surface area contributed by atoms with E-state index < -0.39 is 12.0 Å². The summed E-state index contributed by atoms with van der Waals surface area (Å²) in [6.45, 7) is 0. The molecular formula is C13H20N4O3. The molecule has 1 aromatic rings. The quantitative estimate of drug-likeness (QED) is 0.865. The Kier molecular flexibility index (Phi) is 4.26.